The van der Waals surface area contributed by atoms with Crippen LogP contribution in [0, 0.1) is 5.82 Å². The number of nitrogens with one attached hydrogen (secondary N) is 1. The number of carbonyl (C=O) groups is 1. The van der Waals surface area contributed by atoms with E-state index in [1.54, 1.807) is 23.5 Å². The molecule has 8 heteroatoms. The van der Waals surface area contributed by atoms with Crippen molar-refractivity contribution < 1.29 is 9.18 Å². The number of carbonyl (C=O) groups excluding carboxylic acids is 1. The second kappa shape index (κ2) is 10.1. The molecule has 2 atom stereocenters. The summed E-state index contributed by atoms with van der Waals surface area (Å²) in [5.74, 6) is 2.24. The van der Waals surface area contributed by atoms with Crippen LogP contribution in [0.2, 0.25) is 0 Å². The van der Waals surface area contributed by atoms with Crippen LogP contribution in [0.1, 0.15) is 66.2 Å². The van der Waals surface area contributed by atoms with E-state index in [0.717, 1.165) is 61.0 Å². The molecule has 2 aliphatic heterocycles. The van der Waals surface area contributed by atoms with Gasteiger partial charge in [-0.05, 0) is 61.4 Å². The summed E-state index contributed by atoms with van der Waals surface area (Å²) < 4.78 is 15.8. The zero-order chi connectivity index (χ0) is 22.6. The molecular formula is C25H30FN5OS. The molecule has 174 valence electrons. The lowest BCUT2D eigenvalue weighted by Gasteiger charge is -2.32. The Kier molecular flexibility index (Phi) is 6.83. The van der Waals surface area contributed by atoms with Crippen LogP contribution in [0.25, 0.3) is 0 Å². The Morgan fingerprint density at radius 1 is 1.12 bits per heavy atom. The first-order valence-electron chi connectivity index (χ1n) is 11.9. The summed E-state index contributed by atoms with van der Waals surface area (Å²) in [4.78, 5) is 16.3. The van der Waals surface area contributed by atoms with Crippen molar-refractivity contribution in [3.8, 4) is 0 Å². The third-order valence-corrected chi connectivity index (χ3v) is 7.65. The summed E-state index contributed by atoms with van der Waals surface area (Å²) in [6.07, 6.45) is 6.77. The van der Waals surface area contributed by atoms with Gasteiger partial charge in [0.15, 0.2) is 0 Å². The highest BCUT2D eigenvalue weighted by molar-refractivity contribution is 7.10. The number of piperidine rings is 1. The molecule has 1 saturated heterocycles. The van der Waals surface area contributed by atoms with E-state index in [2.05, 4.69) is 25.0 Å². The standard InChI is InChI=1S/C25H30FN5OS/c26-20-11-9-18(10-12-20)24(21-7-5-15-33-21)27-23(32)17-30-13-4-6-19(16-30)25-29-28-22-8-2-1-3-14-31(22)25/h5,7,9-12,15,19,24H,1-4,6,8,13-14,16-17H2,(H,27,32). The Balaban J connectivity index is 1.25. The molecule has 2 aliphatic rings. The molecule has 6 nitrogen and oxygen atoms in total. The number of amides is 1. The van der Waals surface area contributed by atoms with Crippen LogP contribution in [0.15, 0.2) is 41.8 Å². The SMILES string of the molecule is O=C(CN1CCCC(c2nnc3n2CCCCC3)C1)NC(c1ccc(F)cc1)c1cccs1. The second-order valence-corrected chi connectivity index (χ2v) is 10.1. The fourth-order valence-electron chi connectivity index (χ4n) is 5.06. The van der Waals surface area contributed by atoms with Gasteiger partial charge in [0.2, 0.25) is 5.91 Å². The predicted molar refractivity (Wildman–Crippen MR) is 127 cm³/mol. The van der Waals surface area contributed by atoms with Crippen LogP contribution in [-0.4, -0.2) is 45.2 Å². The van der Waals surface area contributed by atoms with Crippen molar-refractivity contribution in [1.82, 2.24) is 25.0 Å². The van der Waals surface area contributed by atoms with E-state index >= 15 is 0 Å². The minimum atomic E-state index is -0.277. The maximum atomic E-state index is 13.4. The Bertz CT molecular complexity index is 1070. The molecule has 1 fully saturated rings. The highest BCUT2D eigenvalue weighted by atomic mass is 32.1. The number of hydrogen-bond donors (Lipinski definition) is 1. The summed E-state index contributed by atoms with van der Waals surface area (Å²) in [6, 6.07) is 10.1. The minimum absolute atomic E-state index is 0.0153. The lowest BCUT2D eigenvalue weighted by Crippen LogP contribution is -2.43. The Labute approximate surface area is 197 Å². The number of aryl methyl sites for hydroxylation is 1. The largest absolute Gasteiger partial charge is 0.343 e. The first-order valence-corrected chi connectivity index (χ1v) is 12.8. The molecule has 5 rings (SSSR count). The molecule has 3 aromatic rings. The average Bonchev–Trinajstić information content (AvgIpc) is 3.44. The van der Waals surface area contributed by atoms with Gasteiger partial charge >= 0.3 is 0 Å². The van der Waals surface area contributed by atoms with E-state index in [4.69, 9.17) is 0 Å². The molecule has 33 heavy (non-hydrogen) atoms. The van der Waals surface area contributed by atoms with Gasteiger partial charge in [-0.1, -0.05) is 24.6 Å². The van der Waals surface area contributed by atoms with Crippen LogP contribution in [-0.2, 0) is 17.8 Å². The van der Waals surface area contributed by atoms with Gasteiger partial charge in [-0.15, -0.1) is 21.5 Å². The summed E-state index contributed by atoms with van der Waals surface area (Å²) in [6.45, 7) is 3.09. The van der Waals surface area contributed by atoms with Gasteiger partial charge in [0, 0.05) is 30.3 Å². The van der Waals surface area contributed by atoms with Crippen molar-refractivity contribution in [2.75, 3.05) is 19.6 Å². The summed E-state index contributed by atoms with van der Waals surface area (Å²) in [7, 11) is 0. The number of hydrogen-bond acceptors (Lipinski definition) is 5. The van der Waals surface area contributed by atoms with E-state index in [0.29, 0.717) is 12.5 Å². The first-order chi connectivity index (χ1) is 16.2. The Hall–Kier alpha value is -2.58. The van der Waals surface area contributed by atoms with E-state index < -0.39 is 0 Å². The van der Waals surface area contributed by atoms with Crippen molar-refractivity contribution in [1.29, 1.82) is 0 Å². The molecular weight excluding hydrogens is 437 g/mol. The number of fused-ring (bicyclic) bond motifs is 1. The zero-order valence-corrected chi connectivity index (χ0v) is 19.6. The molecule has 0 spiro atoms. The van der Waals surface area contributed by atoms with E-state index in [1.165, 1.54) is 31.4 Å². The quantitative estimate of drug-likeness (QED) is 0.588. The fraction of sp³-hybridized carbons (Fsp3) is 0.480. The molecule has 0 saturated carbocycles. The highest BCUT2D eigenvalue weighted by Gasteiger charge is 2.29. The lowest BCUT2D eigenvalue weighted by atomic mass is 9.97. The predicted octanol–water partition coefficient (Wildman–Crippen LogP) is 4.29. The zero-order valence-electron chi connectivity index (χ0n) is 18.8. The van der Waals surface area contributed by atoms with Gasteiger partial charge in [-0.3, -0.25) is 9.69 Å². The molecule has 1 aromatic carbocycles. The summed E-state index contributed by atoms with van der Waals surface area (Å²) in [5, 5.41) is 14.2. The Morgan fingerprint density at radius 3 is 2.82 bits per heavy atom. The van der Waals surface area contributed by atoms with Gasteiger partial charge in [0.25, 0.3) is 0 Å². The van der Waals surface area contributed by atoms with Crippen molar-refractivity contribution >= 4 is 17.2 Å². The number of thiophene rings is 1. The number of likely N-dealkylation sites (tertiary alicyclic amines) is 1. The lowest BCUT2D eigenvalue weighted by molar-refractivity contribution is -0.123. The first kappa shape index (κ1) is 22.2. The topological polar surface area (TPSA) is 63.1 Å². The smallest absolute Gasteiger partial charge is 0.234 e. The summed E-state index contributed by atoms with van der Waals surface area (Å²) >= 11 is 1.59. The number of nitrogens with zero attached hydrogens (tertiary/aromatic N) is 4. The van der Waals surface area contributed by atoms with Crippen molar-refractivity contribution in [3.05, 3.63) is 69.7 Å². The van der Waals surface area contributed by atoms with Crippen molar-refractivity contribution in [2.24, 2.45) is 0 Å². The maximum Gasteiger partial charge on any atom is 0.234 e. The third kappa shape index (κ3) is 5.17. The monoisotopic (exact) mass is 467 g/mol. The van der Waals surface area contributed by atoms with Gasteiger partial charge in [0.05, 0.1) is 12.6 Å². The molecule has 4 heterocycles. The molecule has 0 radical (unpaired) electrons. The molecule has 2 aromatic heterocycles. The van der Waals surface area contributed by atoms with Crippen LogP contribution in [0.4, 0.5) is 4.39 Å². The van der Waals surface area contributed by atoms with Gasteiger partial charge in [0.1, 0.15) is 17.5 Å². The van der Waals surface area contributed by atoms with Gasteiger partial charge in [-0.25, -0.2) is 4.39 Å². The van der Waals surface area contributed by atoms with Crippen LogP contribution >= 0.6 is 11.3 Å². The highest BCUT2D eigenvalue weighted by Crippen LogP contribution is 2.29. The number of halogens is 1. The minimum Gasteiger partial charge on any atom is -0.343 e. The number of rotatable bonds is 6. The Morgan fingerprint density at radius 2 is 2.00 bits per heavy atom. The van der Waals surface area contributed by atoms with Crippen molar-refractivity contribution in [3.63, 3.8) is 0 Å². The molecule has 1 amide bonds. The molecule has 0 bridgehead atoms. The number of benzene rings is 1. The van der Waals surface area contributed by atoms with E-state index in [9.17, 15) is 9.18 Å². The van der Waals surface area contributed by atoms with Gasteiger partial charge in [-0.2, -0.15) is 0 Å². The normalized spacial score (nSPS) is 20.1. The van der Waals surface area contributed by atoms with Crippen LogP contribution in [0.3, 0.4) is 0 Å². The second-order valence-electron chi connectivity index (χ2n) is 9.08. The third-order valence-electron chi connectivity index (χ3n) is 6.71. The van der Waals surface area contributed by atoms with E-state index in [1.807, 2.05) is 17.5 Å². The van der Waals surface area contributed by atoms with Crippen LogP contribution < -0.4 is 5.32 Å². The van der Waals surface area contributed by atoms with Gasteiger partial charge < -0.3 is 9.88 Å². The fourth-order valence-corrected chi connectivity index (χ4v) is 5.86. The van der Waals surface area contributed by atoms with E-state index in [-0.39, 0.29) is 17.8 Å². The molecule has 1 N–H and O–H groups in total. The number of aromatic nitrogens is 3. The molecule has 2 unspecified atom stereocenters. The summed E-state index contributed by atoms with van der Waals surface area (Å²) in [5.41, 5.74) is 0.884. The van der Waals surface area contributed by atoms with Crippen molar-refractivity contribution in [2.45, 2.75) is 57.0 Å². The molecule has 0 aliphatic carbocycles. The average molecular weight is 468 g/mol. The maximum absolute atomic E-state index is 13.4. The van der Waals surface area contributed by atoms with Crippen LogP contribution in [0.5, 0.6) is 0 Å².